The van der Waals surface area contributed by atoms with Crippen molar-refractivity contribution >= 4 is 16.9 Å². The van der Waals surface area contributed by atoms with Gasteiger partial charge in [0.05, 0.1) is 19.8 Å². The highest BCUT2D eigenvalue weighted by Gasteiger charge is 2.26. The fraction of sp³-hybridized carbons (Fsp3) is 0.310. The van der Waals surface area contributed by atoms with Gasteiger partial charge in [0.25, 0.3) is 0 Å². The molecule has 0 spiro atoms. The Bertz CT molecular complexity index is 1320. The Labute approximate surface area is 205 Å². The number of pyridine rings is 1. The first kappa shape index (κ1) is 23.1. The third kappa shape index (κ3) is 4.80. The second-order valence-corrected chi connectivity index (χ2v) is 9.09. The Morgan fingerprint density at radius 2 is 1.86 bits per heavy atom. The van der Waals surface area contributed by atoms with Gasteiger partial charge in [-0.3, -0.25) is 9.88 Å². The molecule has 0 aliphatic carbocycles. The summed E-state index contributed by atoms with van der Waals surface area (Å²) in [5, 5.41) is 0.943. The van der Waals surface area contributed by atoms with Crippen molar-refractivity contribution in [2.45, 2.75) is 31.7 Å². The number of rotatable bonds is 7. The van der Waals surface area contributed by atoms with Gasteiger partial charge in [-0.15, -0.1) is 0 Å². The monoisotopic (exact) mass is 469 g/mol. The molecular weight excluding hydrogens is 438 g/mol. The minimum Gasteiger partial charge on any atom is -0.497 e. The van der Waals surface area contributed by atoms with Crippen LogP contribution in [0.5, 0.6) is 5.75 Å². The predicted molar refractivity (Wildman–Crippen MR) is 138 cm³/mol. The van der Waals surface area contributed by atoms with Crippen molar-refractivity contribution in [1.82, 2.24) is 14.9 Å². The molecule has 1 N–H and O–H groups in total. The van der Waals surface area contributed by atoms with Crippen LogP contribution in [0, 0.1) is 0 Å². The molecule has 35 heavy (non-hydrogen) atoms. The van der Waals surface area contributed by atoms with E-state index in [1.165, 1.54) is 31.9 Å². The molecule has 6 heteroatoms. The van der Waals surface area contributed by atoms with Gasteiger partial charge in [0.15, 0.2) is 0 Å². The van der Waals surface area contributed by atoms with Gasteiger partial charge in [-0.05, 0) is 79.4 Å². The zero-order chi connectivity index (χ0) is 24.2. The number of fused-ring (bicyclic) bond motifs is 1. The van der Waals surface area contributed by atoms with E-state index in [0.717, 1.165) is 52.9 Å². The lowest BCUT2D eigenvalue weighted by Crippen LogP contribution is -2.35. The molecule has 0 amide bonds. The Balaban J connectivity index is 1.55. The summed E-state index contributed by atoms with van der Waals surface area (Å²) in [7, 11) is 3.11. The number of esters is 1. The average Bonchev–Trinajstić information content (AvgIpc) is 3.35. The third-order valence-corrected chi connectivity index (χ3v) is 6.98. The zero-order valence-electron chi connectivity index (χ0n) is 20.3. The molecule has 0 bridgehead atoms. The second-order valence-electron chi connectivity index (χ2n) is 9.09. The van der Waals surface area contributed by atoms with Gasteiger partial charge in [-0.1, -0.05) is 24.6 Å². The quantitative estimate of drug-likeness (QED) is 0.347. The number of methoxy groups -OCH3 is 2. The van der Waals surface area contributed by atoms with Gasteiger partial charge in [0.2, 0.25) is 0 Å². The van der Waals surface area contributed by atoms with Crippen molar-refractivity contribution in [3.8, 4) is 16.9 Å². The van der Waals surface area contributed by atoms with Crippen LogP contribution in [0.25, 0.3) is 22.0 Å². The molecule has 4 aromatic rings. The number of aromatic amines is 1. The van der Waals surface area contributed by atoms with Gasteiger partial charge in [-0.2, -0.15) is 0 Å². The predicted octanol–water partition coefficient (Wildman–Crippen LogP) is 5.79. The standard InChI is InChI=1S/C29H31N3O3/c1-34-24-9-6-8-20(15-24)21-14-22(18-30-17-21)27(32-12-4-3-5-13-32)16-23-19-31-26-11-7-10-25(28(23)26)29(33)35-2/h6-11,14-15,17-19,27,31H,3-5,12-13,16H2,1-2H3. The van der Waals surface area contributed by atoms with Crippen molar-refractivity contribution in [1.29, 1.82) is 0 Å². The summed E-state index contributed by atoms with van der Waals surface area (Å²) < 4.78 is 10.5. The fourth-order valence-corrected chi connectivity index (χ4v) is 5.19. The van der Waals surface area contributed by atoms with Crippen LogP contribution in [0.4, 0.5) is 0 Å². The van der Waals surface area contributed by atoms with Crippen molar-refractivity contribution < 1.29 is 14.3 Å². The van der Waals surface area contributed by atoms with Gasteiger partial charge < -0.3 is 14.5 Å². The van der Waals surface area contributed by atoms with Crippen LogP contribution in [-0.2, 0) is 11.2 Å². The largest absolute Gasteiger partial charge is 0.497 e. The van der Waals surface area contributed by atoms with Crippen LogP contribution in [0.2, 0.25) is 0 Å². The Morgan fingerprint density at radius 1 is 1.03 bits per heavy atom. The van der Waals surface area contributed by atoms with Crippen LogP contribution >= 0.6 is 0 Å². The normalized spacial score (nSPS) is 15.1. The SMILES string of the molecule is COC(=O)c1cccc2[nH]cc(CC(c3cncc(-c4cccc(OC)c4)c3)N3CCCCC3)c12. The second kappa shape index (κ2) is 10.3. The summed E-state index contributed by atoms with van der Waals surface area (Å²) in [6, 6.07) is 16.2. The van der Waals surface area contributed by atoms with Gasteiger partial charge in [0, 0.05) is 41.1 Å². The zero-order valence-corrected chi connectivity index (χ0v) is 20.3. The van der Waals surface area contributed by atoms with E-state index in [9.17, 15) is 4.79 Å². The molecule has 180 valence electrons. The third-order valence-electron chi connectivity index (χ3n) is 6.98. The maximum Gasteiger partial charge on any atom is 0.338 e. The highest BCUT2D eigenvalue weighted by molar-refractivity contribution is 6.05. The van der Waals surface area contributed by atoms with E-state index in [1.807, 2.05) is 55.0 Å². The summed E-state index contributed by atoms with van der Waals surface area (Å²) in [5.74, 6) is 0.516. The maximum absolute atomic E-state index is 12.5. The highest BCUT2D eigenvalue weighted by Crippen LogP contribution is 2.34. The summed E-state index contributed by atoms with van der Waals surface area (Å²) >= 11 is 0. The Morgan fingerprint density at radius 3 is 2.66 bits per heavy atom. The van der Waals surface area contributed by atoms with E-state index in [-0.39, 0.29) is 12.0 Å². The number of likely N-dealkylation sites (tertiary alicyclic amines) is 1. The number of H-pyrrole nitrogens is 1. The number of aromatic nitrogens is 2. The van der Waals surface area contributed by atoms with Gasteiger partial charge in [0.1, 0.15) is 5.75 Å². The average molecular weight is 470 g/mol. The van der Waals surface area contributed by atoms with Crippen LogP contribution < -0.4 is 4.74 Å². The van der Waals surface area contributed by atoms with E-state index in [4.69, 9.17) is 9.47 Å². The molecule has 0 saturated carbocycles. The molecule has 1 atom stereocenters. The molecule has 1 aliphatic heterocycles. The molecule has 3 heterocycles. The minimum atomic E-state index is -0.312. The molecule has 2 aromatic heterocycles. The summed E-state index contributed by atoms with van der Waals surface area (Å²) in [5.41, 5.74) is 5.99. The number of nitrogens with zero attached hydrogens (tertiary/aromatic N) is 2. The van der Waals surface area contributed by atoms with E-state index in [0.29, 0.717) is 5.56 Å². The molecule has 5 rings (SSSR count). The molecule has 1 unspecified atom stereocenters. The lowest BCUT2D eigenvalue weighted by atomic mass is 9.93. The summed E-state index contributed by atoms with van der Waals surface area (Å²) in [4.78, 5) is 23.1. The van der Waals surface area contributed by atoms with Crippen molar-refractivity contribution in [2.24, 2.45) is 0 Å². The lowest BCUT2D eigenvalue weighted by molar-refractivity contribution is 0.0603. The van der Waals surface area contributed by atoms with Crippen LogP contribution in [0.1, 0.15) is 46.8 Å². The number of carbonyl (C=O) groups excluding carboxylic acids is 1. The first-order chi connectivity index (χ1) is 17.2. The maximum atomic E-state index is 12.5. The van der Waals surface area contributed by atoms with E-state index in [1.54, 1.807) is 7.11 Å². The van der Waals surface area contributed by atoms with Crippen molar-refractivity contribution in [2.75, 3.05) is 27.3 Å². The lowest BCUT2D eigenvalue weighted by Gasteiger charge is -2.35. The van der Waals surface area contributed by atoms with Crippen molar-refractivity contribution in [3.05, 3.63) is 83.8 Å². The molecule has 1 aliphatic rings. The number of hydrogen-bond donors (Lipinski definition) is 1. The first-order valence-electron chi connectivity index (χ1n) is 12.2. The molecule has 1 saturated heterocycles. The van der Waals surface area contributed by atoms with E-state index in [2.05, 4.69) is 27.0 Å². The number of carbonyl (C=O) groups is 1. The highest BCUT2D eigenvalue weighted by atomic mass is 16.5. The van der Waals surface area contributed by atoms with Gasteiger partial charge >= 0.3 is 5.97 Å². The fourth-order valence-electron chi connectivity index (χ4n) is 5.19. The van der Waals surface area contributed by atoms with Crippen LogP contribution in [-0.4, -0.2) is 48.1 Å². The van der Waals surface area contributed by atoms with Crippen LogP contribution in [0.3, 0.4) is 0 Å². The molecule has 0 radical (unpaired) electrons. The topological polar surface area (TPSA) is 67.5 Å². The van der Waals surface area contributed by atoms with Gasteiger partial charge in [-0.25, -0.2) is 4.79 Å². The summed E-state index contributed by atoms with van der Waals surface area (Å²) in [6.45, 7) is 2.11. The van der Waals surface area contributed by atoms with Crippen LogP contribution in [0.15, 0.2) is 67.1 Å². The number of piperidine rings is 1. The number of ether oxygens (including phenoxy) is 2. The van der Waals surface area contributed by atoms with Crippen molar-refractivity contribution in [3.63, 3.8) is 0 Å². The Kier molecular flexibility index (Phi) is 6.82. The number of benzene rings is 2. The number of hydrogen-bond acceptors (Lipinski definition) is 5. The smallest absolute Gasteiger partial charge is 0.338 e. The number of nitrogens with one attached hydrogen (secondary N) is 1. The Hall–Kier alpha value is -3.64. The van der Waals surface area contributed by atoms with E-state index >= 15 is 0 Å². The van der Waals surface area contributed by atoms with E-state index < -0.39 is 0 Å². The summed E-state index contributed by atoms with van der Waals surface area (Å²) in [6.07, 6.45) is 10.4. The first-order valence-corrected chi connectivity index (χ1v) is 12.2. The molecule has 2 aromatic carbocycles. The molecule has 1 fully saturated rings. The molecule has 6 nitrogen and oxygen atoms in total. The minimum absolute atomic E-state index is 0.151. The molecular formula is C29H31N3O3.